The van der Waals surface area contributed by atoms with Crippen molar-refractivity contribution in [3.63, 3.8) is 0 Å². The molecule has 3 atom stereocenters. The molecular formula is C33H40N4O4S. The molecular weight excluding hydrogens is 548 g/mol. The molecule has 3 aromatic rings. The van der Waals surface area contributed by atoms with E-state index in [0.717, 1.165) is 40.3 Å². The van der Waals surface area contributed by atoms with Gasteiger partial charge in [-0.05, 0) is 60.8 Å². The van der Waals surface area contributed by atoms with Crippen molar-refractivity contribution in [1.29, 1.82) is 0 Å². The van der Waals surface area contributed by atoms with Crippen molar-refractivity contribution in [3.8, 4) is 11.4 Å². The molecule has 1 unspecified atom stereocenters. The van der Waals surface area contributed by atoms with E-state index in [1.807, 2.05) is 42.7 Å². The van der Waals surface area contributed by atoms with E-state index < -0.39 is 24.0 Å². The molecule has 4 rings (SSSR count). The Balaban J connectivity index is 1.47. The molecule has 0 fully saturated rings. The van der Waals surface area contributed by atoms with E-state index >= 15 is 0 Å². The maximum Gasteiger partial charge on any atom is 0.325 e. The summed E-state index contributed by atoms with van der Waals surface area (Å²) in [5.74, 6) is -0.706. The van der Waals surface area contributed by atoms with E-state index in [9.17, 15) is 19.5 Å². The minimum Gasteiger partial charge on any atom is -0.480 e. The molecule has 0 radical (unpaired) electrons. The third-order valence-electron chi connectivity index (χ3n) is 7.69. The molecule has 1 aromatic carbocycles. The van der Waals surface area contributed by atoms with E-state index in [2.05, 4.69) is 54.4 Å². The number of rotatable bonds is 10. The summed E-state index contributed by atoms with van der Waals surface area (Å²) in [6.07, 6.45) is 10.8. The van der Waals surface area contributed by atoms with Gasteiger partial charge in [-0.2, -0.15) is 0 Å². The number of hydrogen-bond donors (Lipinski definition) is 3. The minimum atomic E-state index is -1.15. The Morgan fingerprint density at radius 1 is 1.02 bits per heavy atom. The third kappa shape index (κ3) is 7.91. The number of carbonyl (C=O) groups is 3. The van der Waals surface area contributed by atoms with Crippen LogP contribution in [0.5, 0.6) is 0 Å². The number of nitrogens with one attached hydrogen (secondary N) is 2. The lowest BCUT2D eigenvalue weighted by atomic mass is 9.86. The fourth-order valence-corrected chi connectivity index (χ4v) is 5.83. The molecule has 0 aliphatic heterocycles. The van der Waals surface area contributed by atoms with Gasteiger partial charge < -0.3 is 15.7 Å². The molecule has 0 saturated carbocycles. The maximum absolute atomic E-state index is 13.1. The molecule has 222 valence electrons. The van der Waals surface area contributed by atoms with Gasteiger partial charge in [0.25, 0.3) is 5.91 Å². The maximum atomic E-state index is 13.1. The molecule has 0 bridgehead atoms. The van der Waals surface area contributed by atoms with Crippen molar-refractivity contribution in [2.24, 2.45) is 5.92 Å². The number of aliphatic carboxylic acids is 1. The van der Waals surface area contributed by atoms with Crippen LogP contribution in [0.1, 0.15) is 86.0 Å². The summed E-state index contributed by atoms with van der Waals surface area (Å²) in [4.78, 5) is 48.3. The summed E-state index contributed by atoms with van der Waals surface area (Å²) < 4.78 is 0. The lowest BCUT2D eigenvalue weighted by Crippen LogP contribution is -2.51. The first-order valence-electron chi connectivity index (χ1n) is 14.5. The van der Waals surface area contributed by atoms with Crippen LogP contribution in [0.25, 0.3) is 17.0 Å². The summed E-state index contributed by atoms with van der Waals surface area (Å²) in [6.45, 7) is 9.85. The molecule has 2 amide bonds. The molecule has 42 heavy (non-hydrogen) atoms. The van der Waals surface area contributed by atoms with Crippen molar-refractivity contribution in [2.45, 2.75) is 84.2 Å². The molecule has 2 heterocycles. The van der Waals surface area contributed by atoms with Gasteiger partial charge in [-0.15, -0.1) is 11.3 Å². The van der Waals surface area contributed by atoms with E-state index in [1.165, 1.54) is 36.7 Å². The van der Waals surface area contributed by atoms with Crippen LogP contribution in [-0.2, 0) is 21.4 Å². The van der Waals surface area contributed by atoms with Crippen molar-refractivity contribution < 1.29 is 19.5 Å². The summed E-state index contributed by atoms with van der Waals surface area (Å²) in [5.41, 5.74) is 3.91. The van der Waals surface area contributed by atoms with Gasteiger partial charge >= 0.3 is 5.97 Å². The van der Waals surface area contributed by atoms with Gasteiger partial charge in [0, 0.05) is 34.8 Å². The van der Waals surface area contributed by atoms with Crippen molar-refractivity contribution in [2.75, 3.05) is 0 Å². The molecule has 8 nitrogen and oxygen atoms in total. The Morgan fingerprint density at radius 3 is 2.26 bits per heavy atom. The Hall–Kier alpha value is -3.85. The van der Waals surface area contributed by atoms with E-state index in [4.69, 9.17) is 0 Å². The standard InChI is InChI=1S/C33H40N4O4S/c1-6-21-7-11-23(12-8-21)25-18-34-29(35-19-25)24-13-9-22(10-14-24)17-26(30(38)36-20(2)32(40)41)37-31(39)27-15-16-28(42-27)33(3,4)5/h9-11,13-16,18-21,26H,6-8,12,17H2,1-5H3,(H,36,38)(H,37,39)(H,40,41)/t20-,21?,26+/m1/s1. The number of carbonyl (C=O) groups excluding carboxylic acids is 2. The number of allylic oxidation sites excluding steroid dienone is 2. The number of amides is 2. The number of benzene rings is 1. The number of hydrogen-bond acceptors (Lipinski definition) is 6. The first-order valence-corrected chi connectivity index (χ1v) is 15.3. The second kappa shape index (κ2) is 13.4. The van der Waals surface area contributed by atoms with Gasteiger partial charge in [-0.25, -0.2) is 9.97 Å². The van der Waals surface area contributed by atoms with Gasteiger partial charge in [0.1, 0.15) is 12.1 Å². The fraction of sp³-hybridized carbons (Fsp3) is 0.424. The minimum absolute atomic E-state index is 0.103. The Labute approximate surface area is 251 Å². The monoisotopic (exact) mass is 588 g/mol. The highest BCUT2D eigenvalue weighted by atomic mass is 32.1. The van der Waals surface area contributed by atoms with Gasteiger partial charge in [0.15, 0.2) is 5.82 Å². The first-order chi connectivity index (χ1) is 19.9. The summed E-state index contributed by atoms with van der Waals surface area (Å²) in [5, 5.41) is 14.6. The Bertz CT molecular complexity index is 1440. The molecule has 0 spiro atoms. The average Bonchev–Trinajstić information content (AvgIpc) is 3.49. The highest BCUT2D eigenvalue weighted by Gasteiger charge is 2.26. The second-order valence-electron chi connectivity index (χ2n) is 12.0. The highest BCUT2D eigenvalue weighted by Crippen LogP contribution is 2.32. The fourth-order valence-electron chi connectivity index (χ4n) is 4.87. The lowest BCUT2D eigenvalue weighted by molar-refractivity contribution is -0.141. The van der Waals surface area contributed by atoms with E-state index in [0.29, 0.717) is 10.7 Å². The van der Waals surface area contributed by atoms with Gasteiger partial charge in [0.2, 0.25) is 5.91 Å². The van der Waals surface area contributed by atoms with Crippen LogP contribution in [-0.4, -0.2) is 44.9 Å². The summed E-state index contributed by atoms with van der Waals surface area (Å²) in [7, 11) is 0. The first kappa shape index (κ1) is 31.1. The number of thiophene rings is 1. The molecule has 0 saturated heterocycles. The van der Waals surface area contributed by atoms with Crippen molar-refractivity contribution in [1.82, 2.24) is 20.6 Å². The Kier molecular flexibility index (Phi) is 9.93. The Morgan fingerprint density at radius 2 is 1.71 bits per heavy atom. The van der Waals surface area contributed by atoms with Crippen LogP contribution in [0.15, 0.2) is 54.9 Å². The zero-order chi connectivity index (χ0) is 30.4. The lowest BCUT2D eigenvalue weighted by Gasteiger charge is -2.20. The third-order valence-corrected chi connectivity index (χ3v) is 9.20. The number of carboxylic acid groups (broad SMARTS) is 1. The molecule has 1 aliphatic carbocycles. The van der Waals surface area contributed by atoms with Crippen LogP contribution >= 0.6 is 11.3 Å². The molecule has 2 aromatic heterocycles. The van der Waals surface area contributed by atoms with Gasteiger partial charge in [-0.1, -0.05) is 64.5 Å². The predicted molar refractivity (Wildman–Crippen MR) is 166 cm³/mol. The molecule has 1 aliphatic rings. The molecule has 9 heteroatoms. The quantitative estimate of drug-likeness (QED) is 0.266. The average molecular weight is 589 g/mol. The summed E-state index contributed by atoms with van der Waals surface area (Å²) in [6, 6.07) is 9.14. The van der Waals surface area contributed by atoms with Crippen LogP contribution in [0.4, 0.5) is 0 Å². The van der Waals surface area contributed by atoms with Crippen LogP contribution in [0.2, 0.25) is 0 Å². The normalized spacial score (nSPS) is 16.7. The molecule has 3 N–H and O–H groups in total. The second-order valence-corrected chi connectivity index (χ2v) is 13.1. The smallest absolute Gasteiger partial charge is 0.325 e. The topological polar surface area (TPSA) is 121 Å². The van der Waals surface area contributed by atoms with E-state index in [-0.39, 0.29) is 17.7 Å². The van der Waals surface area contributed by atoms with Crippen LogP contribution in [0.3, 0.4) is 0 Å². The number of nitrogens with zero attached hydrogens (tertiary/aromatic N) is 2. The highest BCUT2D eigenvalue weighted by molar-refractivity contribution is 7.14. The zero-order valence-corrected chi connectivity index (χ0v) is 25.8. The van der Waals surface area contributed by atoms with Crippen molar-refractivity contribution >= 4 is 34.7 Å². The zero-order valence-electron chi connectivity index (χ0n) is 24.9. The number of aromatic nitrogens is 2. The van der Waals surface area contributed by atoms with Gasteiger partial charge in [-0.3, -0.25) is 14.4 Å². The van der Waals surface area contributed by atoms with Gasteiger partial charge in [0.05, 0.1) is 4.88 Å². The number of carboxylic acids is 1. The van der Waals surface area contributed by atoms with Crippen LogP contribution < -0.4 is 10.6 Å². The SMILES string of the molecule is CCC1CC=C(c2cnc(-c3ccc(C[C@H](NC(=O)c4ccc(C(C)(C)C)s4)C(=O)N[C@H](C)C(=O)O)cc3)nc2)CC1. The predicted octanol–water partition coefficient (Wildman–Crippen LogP) is 6.03. The van der Waals surface area contributed by atoms with E-state index in [1.54, 1.807) is 6.07 Å². The summed E-state index contributed by atoms with van der Waals surface area (Å²) >= 11 is 1.38. The van der Waals surface area contributed by atoms with Crippen LogP contribution in [0, 0.1) is 5.92 Å². The van der Waals surface area contributed by atoms with Crippen molar-refractivity contribution in [3.05, 3.63) is 75.7 Å². The largest absolute Gasteiger partial charge is 0.480 e.